The van der Waals surface area contributed by atoms with Crippen LogP contribution in [0.2, 0.25) is 0 Å². The van der Waals surface area contributed by atoms with Crippen LogP contribution in [0.5, 0.6) is 0 Å². The predicted octanol–water partition coefficient (Wildman–Crippen LogP) is 3.36. The van der Waals surface area contributed by atoms with Crippen LogP contribution in [-0.4, -0.2) is 21.7 Å². The highest BCUT2D eigenvalue weighted by Crippen LogP contribution is 2.22. The van der Waals surface area contributed by atoms with Crippen molar-refractivity contribution in [3.05, 3.63) is 64.1 Å². The minimum absolute atomic E-state index is 0.146. The minimum Gasteiger partial charge on any atom is -0.313 e. The molecule has 0 saturated carbocycles. The second-order valence-corrected chi connectivity index (χ2v) is 7.95. The summed E-state index contributed by atoms with van der Waals surface area (Å²) in [6.45, 7) is 0. The molecular weight excluding hydrogens is 350 g/mol. The van der Waals surface area contributed by atoms with E-state index >= 15 is 0 Å². The van der Waals surface area contributed by atoms with Crippen molar-refractivity contribution in [2.75, 3.05) is 13.3 Å². The lowest BCUT2D eigenvalue weighted by Crippen LogP contribution is -2.18. The molecule has 112 valence electrons. The van der Waals surface area contributed by atoms with Crippen molar-refractivity contribution in [3.8, 4) is 0 Å². The summed E-state index contributed by atoms with van der Waals surface area (Å²) < 4.78 is 24.0. The lowest BCUT2D eigenvalue weighted by atomic mass is 9.99. The van der Waals surface area contributed by atoms with Crippen molar-refractivity contribution >= 4 is 25.8 Å². The molecule has 0 radical (unpaired) electrons. The summed E-state index contributed by atoms with van der Waals surface area (Å²) in [6.07, 6.45) is 2.06. The largest absolute Gasteiger partial charge is 0.313 e. The van der Waals surface area contributed by atoms with Gasteiger partial charge in [-0.2, -0.15) is 0 Å². The number of benzene rings is 2. The third kappa shape index (κ3) is 4.40. The molecule has 0 spiro atoms. The van der Waals surface area contributed by atoms with Gasteiger partial charge >= 0.3 is 0 Å². The van der Waals surface area contributed by atoms with Gasteiger partial charge in [-0.25, -0.2) is 8.42 Å². The Labute approximate surface area is 134 Å². The second-order valence-electron chi connectivity index (χ2n) is 5.02. The molecule has 1 unspecified atom stereocenters. The molecule has 0 amide bonds. The zero-order valence-corrected chi connectivity index (χ0v) is 14.4. The summed E-state index contributed by atoms with van der Waals surface area (Å²) in [6, 6.07) is 15.4. The van der Waals surface area contributed by atoms with Crippen molar-refractivity contribution in [1.82, 2.24) is 5.32 Å². The van der Waals surface area contributed by atoms with Crippen LogP contribution in [0, 0.1) is 0 Å². The van der Waals surface area contributed by atoms with Gasteiger partial charge in [-0.3, -0.25) is 0 Å². The number of nitrogens with one attached hydrogen (secondary N) is 1. The van der Waals surface area contributed by atoms with Crippen LogP contribution in [0.3, 0.4) is 0 Å². The number of sulfone groups is 1. The maximum absolute atomic E-state index is 11.5. The molecule has 21 heavy (non-hydrogen) atoms. The van der Waals surface area contributed by atoms with E-state index in [9.17, 15) is 8.42 Å². The molecule has 0 aliphatic rings. The normalized spacial score (nSPS) is 13.1. The number of halogens is 1. The van der Waals surface area contributed by atoms with Crippen molar-refractivity contribution in [3.63, 3.8) is 0 Å². The molecule has 1 N–H and O–H groups in total. The molecular formula is C16H18BrNO2S. The summed E-state index contributed by atoms with van der Waals surface area (Å²) in [5, 5.41) is 3.28. The average molecular weight is 368 g/mol. The summed E-state index contributed by atoms with van der Waals surface area (Å²) in [5.41, 5.74) is 2.29. The molecule has 1 atom stereocenters. The molecule has 5 heteroatoms. The average Bonchev–Trinajstić information content (AvgIpc) is 2.44. The number of hydrogen-bond acceptors (Lipinski definition) is 3. The van der Waals surface area contributed by atoms with E-state index in [0.717, 1.165) is 16.5 Å². The van der Waals surface area contributed by atoms with E-state index in [2.05, 4.69) is 33.4 Å². The minimum atomic E-state index is -3.14. The highest BCUT2D eigenvalue weighted by Gasteiger charge is 2.12. The third-order valence-corrected chi connectivity index (χ3v) is 5.01. The molecule has 3 nitrogen and oxygen atoms in total. The standard InChI is InChI=1S/C16H18BrNO2S/c1-18-16(11-12-4-3-5-14(17)10-12)13-6-8-15(9-7-13)21(2,19)20/h3-10,16,18H,11H2,1-2H3. The lowest BCUT2D eigenvalue weighted by molar-refractivity contribution is 0.590. The van der Waals surface area contributed by atoms with E-state index in [-0.39, 0.29) is 6.04 Å². The Morgan fingerprint density at radius 3 is 2.33 bits per heavy atom. The SMILES string of the molecule is CNC(Cc1cccc(Br)c1)c1ccc(S(C)(=O)=O)cc1. The van der Waals surface area contributed by atoms with Crippen LogP contribution in [0.1, 0.15) is 17.2 Å². The fraction of sp³-hybridized carbons (Fsp3) is 0.250. The van der Waals surface area contributed by atoms with E-state index in [4.69, 9.17) is 0 Å². The Morgan fingerprint density at radius 1 is 1.14 bits per heavy atom. The molecule has 0 aliphatic carbocycles. The van der Waals surface area contributed by atoms with Gasteiger partial charge in [0.05, 0.1) is 4.90 Å². The van der Waals surface area contributed by atoms with Crippen LogP contribution in [0.15, 0.2) is 57.9 Å². The Morgan fingerprint density at radius 2 is 1.81 bits per heavy atom. The quantitative estimate of drug-likeness (QED) is 0.881. The number of hydrogen-bond donors (Lipinski definition) is 1. The molecule has 0 fully saturated rings. The van der Waals surface area contributed by atoms with Gasteiger partial charge in [0, 0.05) is 16.8 Å². The van der Waals surface area contributed by atoms with Crippen molar-refractivity contribution < 1.29 is 8.42 Å². The Bertz CT molecular complexity index is 711. The van der Waals surface area contributed by atoms with Gasteiger partial charge < -0.3 is 5.32 Å². The summed E-state index contributed by atoms with van der Waals surface area (Å²) in [5.74, 6) is 0. The maximum Gasteiger partial charge on any atom is 0.175 e. The third-order valence-electron chi connectivity index (χ3n) is 3.39. The van der Waals surface area contributed by atoms with Gasteiger partial charge in [0.2, 0.25) is 0 Å². The zero-order chi connectivity index (χ0) is 15.5. The van der Waals surface area contributed by atoms with Crippen LogP contribution >= 0.6 is 15.9 Å². The Hall–Kier alpha value is -1.17. The molecule has 0 aliphatic heterocycles. The van der Waals surface area contributed by atoms with Crippen molar-refractivity contribution in [2.45, 2.75) is 17.4 Å². The predicted molar refractivity (Wildman–Crippen MR) is 89.2 cm³/mol. The van der Waals surface area contributed by atoms with E-state index in [1.165, 1.54) is 11.8 Å². The van der Waals surface area contributed by atoms with Crippen molar-refractivity contribution in [1.29, 1.82) is 0 Å². The highest BCUT2D eigenvalue weighted by atomic mass is 79.9. The molecule has 0 saturated heterocycles. The first-order valence-electron chi connectivity index (χ1n) is 6.62. The first-order valence-corrected chi connectivity index (χ1v) is 9.30. The number of rotatable bonds is 5. The van der Waals surface area contributed by atoms with E-state index in [1.54, 1.807) is 12.1 Å². The Balaban J connectivity index is 2.21. The van der Waals surface area contributed by atoms with Gasteiger partial charge in [-0.15, -0.1) is 0 Å². The van der Waals surface area contributed by atoms with Gasteiger partial charge in [-0.1, -0.05) is 40.2 Å². The van der Waals surface area contributed by atoms with Crippen LogP contribution in [0.4, 0.5) is 0 Å². The van der Waals surface area contributed by atoms with E-state index < -0.39 is 9.84 Å². The topological polar surface area (TPSA) is 46.2 Å². The summed E-state index contributed by atoms with van der Waals surface area (Å²) >= 11 is 3.47. The molecule has 2 aromatic rings. The van der Waals surface area contributed by atoms with Crippen LogP contribution in [-0.2, 0) is 16.3 Å². The molecule has 2 aromatic carbocycles. The first kappa shape index (κ1) is 16.2. The zero-order valence-electron chi connectivity index (χ0n) is 12.0. The summed E-state index contributed by atoms with van der Waals surface area (Å²) in [7, 11) is -1.23. The van der Waals surface area contributed by atoms with Gasteiger partial charge in [0.25, 0.3) is 0 Å². The first-order chi connectivity index (χ1) is 9.90. The molecule has 0 heterocycles. The number of likely N-dealkylation sites (N-methyl/N-ethyl adjacent to an activating group) is 1. The van der Waals surface area contributed by atoms with Gasteiger partial charge in [-0.05, 0) is 48.9 Å². The smallest absolute Gasteiger partial charge is 0.175 e. The monoisotopic (exact) mass is 367 g/mol. The lowest BCUT2D eigenvalue weighted by Gasteiger charge is -2.17. The summed E-state index contributed by atoms with van der Waals surface area (Å²) in [4.78, 5) is 0.351. The van der Waals surface area contributed by atoms with Gasteiger partial charge in [0.15, 0.2) is 9.84 Å². The van der Waals surface area contributed by atoms with Crippen LogP contribution < -0.4 is 5.32 Å². The molecule has 0 aromatic heterocycles. The molecule has 2 rings (SSSR count). The molecule has 0 bridgehead atoms. The van der Waals surface area contributed by atoms with Crippen molar-refractivity contribution in [2.24, 2.45) is 0 Å². The van der Waals surface area contributed by atoms with E-state index in [1.807, 2.05) is 31.3 Å². The highest BCUT2D eigenvalue weighted by molar-refractivity contribution is 9.10. The maximum atomic E-state index is 11.5. The Kier molecular flexibility index (Phi) is 5.19. The second kappa shape index (κ2) is 6.73. The van der Waals surface area contributed by atoms with E-state index in [0.29, 0.717) is 4.90 Å². The fourth-order valence-electron chi connectivity index (χ4n) is 2.23. The fourth-order valence-corrected chi connectivity index (χ4v) is 3.31. The van der Waals surface area contributed by atoms with Gasteiger partial charge in [0.1, 0.15) is 0 Å². The van der Waals surface area contributed by atoms with Crippen LogP contribution in [0.25, 0.3) is 0 Å².